The summed E-state index contributed by atoms with van der Waals surface area (Å²) in [5, 5.41) is 81.1. The van der Waals surface area contributed by atoms with Gasteiger partial charge in [-0.15, -0.1) is 0 Å². The second-order valence-corrected chi connectivity index (χ2v) is 11.4. The molecule has 2 fully saturated rings. The van der Waals surface area contributed by atoms with Crippen LogP contribution >= 0.6 is 0 Å². The Morgan fingerprint density at radius 1 is 0.875 bits per heavy atom. The van der Waals surface area contributed by atoms with E-state index in [1.54, 1.807) is 19.1 Å². The number of benzene rings is 1. The highest BCUT2D eigenvalue weighted by Crippen LogP contribution is 2.37. The molecule has 0 aromatic heterocycles. The first kappa shape index (κ1) is 37.6. The number of aromatic hydroxyl groups is 1. The van der Waals surface area contributed by atoms with E-state index in [-0.39, 0.29) is 23.5 Å². The number of methoxy groups -OCH3 is 1. The maximum atomic E-state index is 13.3. The Morgan fingerprint density at radius 3 is 2.15 bits per heavy atom. The number of esters is 2. The Labute approximate surface area is 275 Å². The molecule has 0 aliphatic carbocycles. The van der Waals surface area contributed by atoms with E-state index in [1.807, 2.05) is 0 Å². The number of carbonyl (C=O) groups is 2. The molecule has 0 amide bonds. The molecule has 4 rings (SSSR count). The summed E-state index contributed by atoms with van der Waals surface area (Å²) in [5.74, 6) is -2.88. The molecule has 268 valence electrons. The van der Waals surface area contributed by atoms with Gasteiger partial charge in [-0.25, -0.2) is 4.79 Å². The lowest BCUT2D eigenvalue weighted by Crippen LogP contribution is -2.60. The molecule has 0 unspecified atom stereocenters. The van der Waals surface area contributed by atoms with Crippen LogP contribution in [0.5, 0.6) is 5.75 Å². The van der Waals surface area contributed by atoms with Gasteiger partial charge in [0.05, 0.1) is 45.2 Å². The van der Waals surface area contributed by atoms with Crippen LogP contribution in [-0.4, -0.2) is 147 Å². The maximum Gasteiger partial charge on any atom is 0.337 e. The fourth-order valence-corrected chi connectivity index (χ4v) is 5.58. The van der Waals surface area contributed by atoms with E-state index in [2.05, 4.69) is 0 Å². The first-order valence-electron chi connectivity index (χ1n) is 15.2. The highest BCUT2D eigenvalue weighted by Gasteiger charge is 2.49. The predicted molar refractivity (Wildman–Crippen MR) is 157 cm³/mol. The summed E-state index contributed by atoms with van der Waals surface area (Å²) >= 11 is 0. The van der Waals surface area contributed by atoms with Crippen LogP contribution in [0.15, 0.2) is 47.7 Å². The number of hydrogen-bond donors (Lipinski definition) is 8. The molecule has 1 aromatic rings. The number of ether oxygens (including phenoxy) is 7. The molecule has 3 aliphatic heterocycles. The zero-order valence-corrected chi connectivity index (χ0v) is 26.2. The van der Waals surface area contributed by atoms with Crippen LogP contribution < -0.4 is 0 Å². The van der Waals surface area contributed by atoms with Gasteiger partial charge in [0.1, 0.15) is 48.5 Å². The number of aliphatic hydroxyl groups excluding tert-OH is 7. The third-order valence-electron chi connectivity index (χ3n) is 8.30. The Balaban J connectivity index is 1.43. The first-order valence-corrected chi connectivity index (χ1v) is 15.2. The monoisotopic (exact) mass is 686 g/mol. The Hall–Kier alpha value is -3.20. The van der Waals surface area contributed by atoms with Crippen LogP contribution in [-0.2, 0) is 49.2 Å². The summed E-state index contributed by atoms with van der Waals surface area (Å²) in [6, 6.07) is 6.37. The molecule has 8 N–H and O–H groups in total. The Kier molecular flexibility index (Phi) is 13.3. The molecule has 0 bridgehead atoms. The smallest absolute Gasteiger partial charge is 0.337 e. The highest BCUT2D eigenvalue weighted by atomic mass is 16.8. The first-order chi connectivity index (χ1) is 22.9. The van der Waals surface area contributed by atoms with Gasteiger partial charge in [0.25, 0.3) is 0 Å². The van der Waals surface area contributed by atoms with Crippen LogP contribution in [0.2, 0.25) is 0 Å². The van der Waals surface area contributed by atoms with Gasteiger partial charge >= 0.3 is 11.9 Å². The van der Waals surface area contributed by atoms with Crippen molar-refractivity contribution in [2.75, 3.05) is 26.9 Å². The minimum atomic E-state index is -1.77. The van der Waals surface area contributed by atoms with Crippen molar-refractivity contribution < 1.29 is 83.6 Å². The molecule has 3 heterocycles. The quantitative estimate of drug-likeness (QED) is 0.0834. The SMILES string of the molecule is CC=C1[C@H](O[C@@H]2O[C@H](CO)[C@@H](O)[C@H](O)[C@H]2O)OC=C(C(=O)OC)[C@H]1CC(=O)O[C@H]1[C@H](O)[C@@H](O)[C@H](OCCc2ccc(O)cc2)O[C@@H]1CO. The van der Waals surface area contributed by atoms with Crippen molar-refractivity contribution in [2.24, 2.45) is 5.92 Å². The molecule has 48 heavy (non-hydrogen) atoms. The zero-order valence-electron chi connectivity index (χ0n) is 26.2. The van der Waals surface area contributed by atoms with Gasteiger partial charge in [0.15, 0.2) is 18.7 Å². The molecule has 12 atom stereocenters. The van der Waals surface area contributed by atoms with E-state index >= 15 is 0 Å². The summed E-state index contributed by atoms with van der Waals surface area (Å²) in [4.78, 5) is 26.0. The molecule has 3 aliphatic rings. The molecular formula is C31H42O17. The van der Waals surface area contributed by atoms with Crippen LogP contribution in [0.25, 0.3) is 0 Å². The van der Waals surface area contributed by atoms with Crippen molar-refractivity contribution in [3.05, 3.63) is 53.3 Å². The second-order valence-electron chi connectivity index (χ2n) is 11.4. The largest absolute Gasteiger partial charge is 0.508 e. The number of hydrogen-bond acceptors (Lipinski definition) is 17. The van der Waals surface area contributed by atoms with Gasteiger partial charge in [0, 0.05) is 11.5 Å². The topological polar surface area (TPSA) is 261 Å². The van der Waals surface area contributed by atoms with Gasteiger partial charge in [0.2, 0.25) is 6.29 Å². The standard InChI is InChI=1S/C31H42O17/c1-3-16-17(18(28(41)42-2)13-44-29(16)48-31-25(39)23(37)22(36)19(11-32)45-31)10-21(35)47-27-20(12-33)46-30(26(40)24(27)38)43-9-8-14-4-6-15(34)7-5-14/h3-7,13,17,19-20,22-27,29-34,36-40H,8-12H2,1-2H3/t17-,19+,20+,22+,23-,24+,25+,26+,27+,29-,30+,31-/m0/s1. The summed E-state index contributed by atoms with van der Waals surface area (Å²) in [6.07, 6.45) is -14.8. The molecule has 2 saturated heterocycles. The number of rotatable bonds is 12. The number of allylic oxidation sites excluding steroid dienone is 1. The molecule has 0 radical (unpaired) electrons. The fourth-order valence-electron chi connectivity index (χ4n) is 5.58. The molecule has 0 saturated carbocycles. The van der Waals surface area contributed by atoms with Gasteiger partial charge in [-0.3, -0.25) is 4.79 Å². The normalized spacial score (nSPS) is 36.2. The van der Waals surface area contributed by atoms with Crippen molar-refractivity contribution in [1.29, 1.82) is 0 Å². The minimum Gasteiger partial charge on any atom is -0.508 e. The third kappa shape index (κ3) is 8.50. The third-order valence-corrected chi connectivity index (χ3v) is 8.30. The van der Waals surface area contributed by atoms with E-state index in [4.69, 9.17) is 33.2 Å². The zero-order chi connectivity index (χ0) is 35.1. The van der Waals surface area contributed by atoms with Crippen molar-refractivity contribution >= 4 is 11.9 Å². The van der Waals surface area contributed by atoms with Crippen LogP contribution in [0, 0.1) is 5.92 Å². The van der Waals surface area contributed by atoms with Gasteiger partial charge in [-0.05, 0) is 31.0 Å². The molecule has 17 heteroatoms. The fraction of sp³-hybridized carbons (Fsp3) is 0.613. The average molecular weight is 687 g/mol. The molecule has 1 aromatic carbocycles. The lowest BCUT2D eigenvalue weighted by molar-refractivity contribution is -0.327. The van der Waals surface area contributed by atoms with E-state index < -0.39 is 105 Å². The number of phenols is 1. The predicted octanol–water partition coefficient (Wildman–Crippen LogP) is -2.52. The van der Waals surface area contributed by atoms with E-state index in [1.165, 1.54) is 18.2 Å². The van der Waals surface area contributed by atoms with Gasteiger partial charge in [-0.1, -0.05) is 18.2 Å². The highest BCUT2D eigenvalue weighted by molar-refractivity contribution is 5.90. The molecule has 0 spiro atoms. The van der Waals surface area contributed by atoms with Crippen LogP contribution in [0.3, 0.4) is 0 Å². The lowest BCUT2D eigenvalue weighted by atomic mass is 9.86. The Bertz CT molecular complexity index is 1280. The van der Waals surface area contributed by atoms with Crippen LogP contribution in [0.4, 0.5) is 0 Å². The maximum absolute atomic E-state index is 13.3. The van der Waals surface area contributed by atoms with E-state index in [0.717, 1.165) is 18.9 Å². The van der Waals surface area contributed by atoms with Crippen molar-refractivity contribution in [1.82, 2.24) is 0 Å². The van der Waals surface area contributed by atoms with E-state index in [9.17, 15) is 50.4 Å². The van der Waals surface area contributed by atoms with Crippen molar-refractivity contribution in [3.8, 4) is 5.75 Å². The molecule has 17 nitrogen and oxygen atoms in total. The number of aliphatic hydroxyl groups is 7. The van der Waals surface area contributed by atoms with Gasteiger partial charge in [-0.2, -0.15) is 0 Å². The lowest BCUT2D eigenvalue weighted by Gasteiger charge is -2.42. The summed E-state index contributed by atoms with van der Waals surface area (Å²) in [6.45, 7) is 0.159. The van der Waals surface area contributed by atoms with Crippen LogP contribution in [0.1, 0.15) is 18.9 Å². The second kappa shape index (κ2) is 17.0. The molecular weight excluding hydrogens is 644 g/mol. The van der Waals surface area contributed by atoms with Crippen molar-refractivity contribution in [3.63, 3.8) is 0 Å². The summed E-state index contributed by atoms with van der Waals surface area (Å²) < 4.78 is 38.2. The number of carbonyl (C=O) groups excluding carboxylic acids is 2. The average Bonchev–Trinajstić information content (AvgIpc) is 3.08. The number of phenolic OH excluding ortho intramolecular Hbond substituents is 1. The van der Waals surface area contributed by atoms with E-state index in [0.29, 0.717) is 6.42 Å². The minimum absolute atomic E-state index is 0.0483. The summed E-state index contributed by atoms with van der Waals surface area (Å²) in [5.41, 5.74) is 0.851. The van der Waals surface area contributed by atoms with Gasteiger partial charge < -0.3 is 74.0 Å². The summed E-state index contributed by atoms with van der Waals surface area (Å²) in [7, 11) is 1.11. The Morgan fingerprint density at radius 2 is 1.52 bits per heavy atom. The van der Waals surface area contributed by atoms with Crippen molar-refractivity contribution in [2.45, 2.75) is 87.5 Å².